The zero-order chi connectivity index (χ0) is 13.1. The third-order valence-corrected chi connectivity index (χ3v) is 4.64. The summed E-state index contributed by atoms with van der Waals surface area (Å²) in [5.41, 5.74) is 6.74. The van der Waals surface area contributed by atoms with Gasteiger partial charge in [0.05, 0.1) is 6.04 Å². The van der Waals surface area contributed by atoms with Gasteiger partial charge in [0.2, 0.25) is 3.79 Å². The standard InChI is InChI=1S/C11H10Cl5N/c12-10(13,11(14,15)16)9(17)7-6-8-4-2-1-3-5-8/h1-7,9H,17H2/b7-6+. The van der Waals surface area contributed by atoms with Crippen LogP contribution in [0, 0.1) is 0 Å². The van der Waals surface area contributed by atoms with Crippen LogP contribution in [0.15, 0.2) is 36.4 Å². The summed E-state index contributed by atoms with van der Waals surface area (Å²) in [4.78, 5) is 0. The SMILES string of the molecule is NC(/C=C/c1ccccc1)C(Cl)(Cl)C(Cl)(Cl)Cl. The van der Waals surface area contributed by atoms with Gasteiger partial charge in [0, 0.05) is 0 Å². The number of hydrogen-bond acceptors (Lipinski definition) is 1. The highest BCUT2D eigenvalue weighted by atomic mass is 35.6. The molecule has 1 rings (SSSR count). The van der Waals surface area contributed by atoms with Crippen LogP contribution in [0.5, 0.6) is 0 Å². The van der Waals surface area contributed by atoms with Crippen molar-refractivity contribution in [3.05, 3.63) is 42.0 Å². The van der Waals surface area contributed by atoms with E-state index >= 15 is 0 Å². The molecule has 0 saturated heterocycles. The van der Waals surface area contributed by atoms with Crippen molar-refractivity contribution in [2.45, 2.75) is 14.2 Å². The average molecular weight is 333 g/mol. The molecule has 2 N–H and O–H groups in total. The molecule has 0 aliphatic heterocycles. The highest BCUT2D eigenvalue weighted by Gasteiger charge is 2.49. The molecule has 1 nitrogen and oxygen atoms in total. The summed E-state index contributed by atoms with van der Waals surface area (Å²) in [6.45, 7) is 0. The fourth-order valence-electron chi connectivity index (χ4n) is 1.09. The van der Waals surface area contributed by atoms with E-state index < -0.39 is 14.2 Å². The van der Waals surface area contributed by atoms with Crippen molar-refractivity contribution in [3.8, 4) is 0 Å². The Morgan fingerprint density at radius 3 is 2.00 bits per heavy atom. The maximum Gasteiger partial charge on any atom is 0.224 e. The smallest absolute Gasteiger partial charge is 0.224 e. The lowest BCUT2D eigenvalue weighted by atomic mass is 10.1. The number of benzene rings is 1. The zero-order valence-corrected chi connectivity index (χ0v) is 12.4. The topological polar surface area (TPSA) is 26.0 Å². The lowest BCUT2D eigenvalue weighted by molar-refractivity contribution is 0.690. The molecule has 1 aromatic carbocycles. The van der Waals surface area contributed by atoms with Crippen LogP contribution in [0.3, 0.4) is 0 Å². The maximum absolute atomic E-state index is 5.92. The third-order valence-electron chi connectivity index (χ3n) is 2.09. The van der Waals surface area contributed by atoms with Gasteiger partial charge in [0.15, 0.2) is 4.33 Å². The highest BCUT2D eigenvalue weighted by Crippen LogP contribution is 2.47. The van der Waals surface area contributed by atoms with Crippen molar-refractivity contribution in [1.82, 2.24) is 0 Å². The first-order valence-corrected chi connectivity index (χ1v) is 6.57. The lowest BCUT2D eigenvalue weighted by Crippen LogP contribution is -2.47. The molecule has 0 amide bonds. The van der Waals surface area contributed by atoms with Gasteiger partial charge in [-0.3, -0.25) is 0 Å². The molecule has 0 heterocycles. The molecule has 0 aromatic heterocycles. The normalized spacial score (nSPS) is 15.2. The van der Waals surface area contributed by atoms with E-state index in [1.807, 2.05) is 30.3 Å². The Morgan fingerprint density at radius 1 is 1.00 bits per heavy atom. The minimum absolute atomic E-state index is 0.807. The minimum Gasteiger partial charge on any atom is -0.322 e. The van der Waals surface area contributed by atoms with E-state index in [4.69, 9.17) is 63.7 Å². The van der Waals surface area contributed by atoms with Crippen LogP contribution in [0.25, 0.3) is 6.08 Å². The Morgan fingerprint density at radius 2 is 1.53 bits per heavy atom. The fraction of sp³-hybridized carbons (Fsp3) is 0.273. The molecule has 0 aliphatic carbocycles. The molecule has 1 atom stereocenters. The summed E-state index contributed by atoms with van der Waals surface area (Å²) in [6.07, 6.45) is 3.36. The fourth-order valence-corrected chi connectivity index (χ4v) is 1.61. The van der Waals surface area contributed by atoms with Crippen molar-refractivity contribution in [2.24, 2.45) is 5.73 Å². The molecule has 0 radical (unpaired) electrons. The molecular formula is C11H10Cl5N. The Hall–Kier alpha value is 0.370. The summed E-state index contributed by atoms with van der Waals surface area (Å²) in [5.74, 6) is 0. The molecule has 1 unspecified atom stereocenters. The first-order chi connectivity index (χ1) is 7.75. The summed E-state index contributed by atoms with van der Waals surface area (Å²) in [5, 5.41) is 0. The Kier molecular flexibility index (Phi) is 5.45. The zero-order valence-electron chi connectivity index (χ0n) is 8.59. The van der Waals surface area contributed by atoms with Gasteiger partial charge < -0.3 is 5.73 Å². The van der Waals surface area contributed by atoms with Crippen LogP contribution in [0.1, 0.15) is 5.56 Å². The van der Waals surface area contributed by atoms with Gasteiger partial charge in [0.1, 0.15) is 0 Å². The Labute approximate surface area is 125 Å². The summed E-state index contributed by atoms with van der Waals surface area (Å²) in [6, 6.07) is 8.71. The van der Waals surface area contributed by atoms with E-state index in [1.54, 1.807) is 12.2 Å². The van der Waals surface area contributed by atoms with E-state index in [0.29, 0.717) is 0 Å². The molecule has 0 fully saturated rings. The maximum atomic E-state index is 5.92. The third kappa shape index (κ3) is 4.20. The first-order valence-electron chi connectivity index (χ1n) is 4.68. The predicted molar refractivity (Wildman–Crippen MR) is 78.2 cm³/mol. The molecular weight excluding hydrogens is 323 g/mol. The summed E-state index contributed by atoms with van der Waals surface area (Å²) < 4.78 is -3.56. The first kappa shape index (κ1) is 15.4. The number of rotatable bonds is 3. The molecule has 17 heavy (non-hydrogen) atoms. The average Bonchev–Trinajstić information content (AvgIpc) is 2.25. The van der Waals surface area contributed by atoms with Gasteiger partial charge in [-0.1, -0.05) is 100 Å². The van der Waals surface area contributed by atoms with Crippen molar-refractivity contribution >= 4 is 64.1 Å². The molecule has 0 bridgehead atoms. The molecule has 6 heteroatoms. The van der Waals surface area contributed by atoms with Crippen LogP contribution in [0.4, 0.5) is 0 Å². The lowest BCUT2D eigenvalue weighted by Gasteiger charge is -2.31. The summed E-state index contributed by atoms with van der Waals surface area (Å²) in [7, 11) is 0. The van der Waals surface area contributed by atoms with E-state index in [9.17, 15) is 0 Å². The number of hydrogen-bond donors (Lipinski definition) is 1. The summed E-state index contributed by atoms with van der Waals surface area (Å²) >= 11 is 28.8. The molecule has 94 valence electrons. The second-order valence-electron chi connectivity index (χ2n) is 3.42. The Bertz CT molecular complexity index is 383. The second kappa shape index (κ2) is 6.01. The highest BCUT2D eigenvalue weighted by molar-refractivity contribution is 6.75. The van der Waals surface area contributed by atoms with Crippen LogP contribution in [-0.2, 0) is 0 Å². The minimum atomic E-state index is -1.86. The van der Waals surface area contributed by atoms with Crippen LogP contribution >= 0.6 is 58.0 Å². The van der Waals surface area contributed by atoms with Gasteiger partial charge in [-0.25, -0.2) is 0 Å². The largest absolute Gasteiger partial charge is 0.322 e. The van der Waals surface area contributed by atoms with Crippen molar-refractivity contribution in [3.63, 3.8) is 0 Å². The number of halogens is 5. The van der Waals surface area contributed by atoms with Gasteiger partial charge >= 0.3 is 0 Å². The van der Waals surface area contributed by atoms with E-state index in [-0.39, 0.29) is 0 Å². The quantitative estimate of drug-likeness (QED) is 0.806. The number of nitrogens with two attached hydrogens (primary N) is 1. The second-order valence-corrected chi connectivity index (χ2v) is 7.08. The molecule has 0 saturated carbocycles. The molecule has 0 aliphatic rings. The van der Waals surface area contributed by atoms with Crippen LogP contribution in [0.2, 0.25) is 0 Å². The monoisotopic (exact) mass is 331 g/mol. The van der Waals surface area contributed by atoms with Crippen molar-refractivity contribution in [1.29, 1.82) is 0 Å². The van der Waals surface area contributed by atoms with E-state index in [2.05, 4.69) is 0 Å². The number of alkyl halides is 5. The van der Waals surface area contributed by atoms with Crippen LogP contribution < -0.4 is 5.73 Å². The molecule has 0 spiro atoms. The van der Waals surface area contributed by atoms with E-state index in [1.165, 1.54) is 0 Å². The Balaban J connectivity index is 2.80. The van der Waals surface area contributed by atoms with Crippen LogP contribution in [-0.4, -0.2) is 14.2 Å². The van der Waals surface area contributed by atoms with E-state index in [0.717, 1.165) is 5.56 Å². The van der Waals surface area contributed by atoms with Gasteiger partial charge in [-0.05, 0) is 5.56 Å². The van der Waals surface area contributed by atoms with Gasteiger partial charge in [-0.15, -0.1) is 0 Å². The van der Waals surface area contributed by atoms with Crippen molar-refractivity contribution in [2.75, 3.05) is 0 Å². The van der Waals surface area contributed by atoms with Gasteiger partial charge in [0.25, 0.3) is 0 Å². The molecule has 1 aromatic rings. The predicted octanol–water partition coefficient (Wildman–Crippen LogP) is 4.57. The van der Waals surface area contributed by atoms with Crippen molar-refractivity contribution < 1.29 is 0 Å². The van der Waals surface area contributed by atoms with Gasteiger partial charge in [-0.2, -0.15) is 0 Å².